The molecule has 1 saturated heterocycles. The minimum Gasteiger partial charge on any atom is -0.370 e. The molecule has 0 saturated carbocycles. The van der Waals surface area contributed by atoms with Crippen molar-refractivity contribution in [3.05, 3.63) is 99.3 Å². The SMILES string of the molecule is NC(=O)CCN1C(=O)C(CC(=O)NCCC2=CCc3ccccc32)SC1c1ccc(C#Cc2ccccc2)s1. The fourth-order valence-electron chi connectivity index (χ4n) is 4.78. The Balaban J connectivity index is 1.21. The molecule has 2 aliphatic rings. The molecule has 39 heavy (non-hydrogen) atoms. The lowest BCUT2D eigenvalue weighted by atomic mass is 10.0. The molecule has 2 unspecified atom stereocenters. The van der Waals surface area contributed by atoms with Gasteiger partial charge >= 0.3 is 0 Å². The summed E-state index contributed by atoms with van der Waals surface area (Å²) >= 11 is 2.97. The average molecular weight is 556 g/mol. The number of thiophene rings is 1. The molecule has 6 nitrogen and oxygen atoms in total. The van der Waals surface area contributed by atoms with Crippen LogP contribution in [0.15, 0.2) is 72.8 Å². The highest BCUT2D eigenvalue weighted by Gasteiger charge is 2.42. The van der Waals surface area contributed by atoms with Crippen molar-refractivity contribution in [2.75, 3.05) is 13.1 Å². The van der Waals surface area contributed by atoms with E-state index in [1.54, 1.807) is 4.90 Å². The zero-order valence-corrected chi connectivity index (χ0v) is 23.0. The number of amides is 3. The molecule has 8 heteroatoms. The first-order valence-electron chi connectivity index (χ1n) is 12.9. The van der Waals surface area contributed by atoms with Gasteiger partial charge in [0.2, 0.25) is 17.7 Å². The zero-order valence-electron chi connectivity index (χ0n) is 21.4. The third-order valence-corrected chi connectivity index (χ3v) is 9.39. The van der Waals surface area contributed by atoms with E-state index in [1.807, 2.05) is 54.6 Å². The lowest BCUT2D eigenvalue weighted by Crippen LogP contribution is -2.36. The molecule has 2 aromatic carbocycles. The fraction of sp³-hybridized carbons (Fsp3) is 0.258. The molecule has 1 fully saturated rings. The standard InChI is InChI=1S/C31H29N3O3S2/c32-28(35)17-19-34-30(37)27(20-29(36)33-18-16-23-12-11-22-8-4-5-9-25(22)23)39-31(34)26-15-14-24(38-26)13-10-21-6-2-1-3-7-21/h1-9,12,14-15,27,31H,11,16-20H2,(H2,32,35)(H,33,36). The summed E-state index contributed by atoms with van der Waals surface area (Å²) in [5, 5.41) is 2.19. The average Bonchev–Trinajstić information content (AvgIpc) is 3.65. The summed E-state index contributed by atoms with van der Waals surface area (Å²) in [5.74, 6) is 5.60. The van der Waals surface area contributed by atoms with Crippen molar-refractivity contribution in [1.82, 2.24) is 10.2 Å². The van der Waals surface area contributed by atoms with Gasteiger partial charge < -0.3 is 16.0 Å². The molecule has 2 heterocycles. The second-order valence-corrected chi connectivity index (χ2v) is 11.8. The van der Waals surface area contributed by atoms with Crippen LogP contribution in [0.3, 0.4) is 0 Å². The maximum Gasteiger partial charge on any atom is 0.237 e. The first-order valence-corrected chi connectivity index (χ1v) is 14.7. The first-order chi connectivity index (χ1) is 19.0. The van der Waals surface area contributed by atoms with Gasteiger partial charge in [-0.15, -0.1) is 23.1 Å². The highest BCUT2D eigenvalue weighted by molar-refractivity contribution is 8.01. The van der Waals surface area contributed by atoms with E-state index >= 15 is 0 Å². The van der Waals surface area contributed by atoms with Crippen LogP contribution in [0, 0.1) is 11.8 Å². The molecule has 3 aromatic rings. The Morgan fingerprint density at radius 1 is 1.03 bits per heavy atom. The van der Waals surface area contributed by atoms with E-state index in [9.17, 15) is 14.4 Å². The van der Waals surface area contributed by atoms with E-state index < -0.39 is 11.2 Å². The van der Waals surface area contributed by atoms with E-state index in [0.29, 0.717) is 6.54 Å². The van der Waals surface area contributed by atoms with E-state index in [2.05, 4.69) is 35.4 Å². The summed E-state index contributed by atoms with van der Waals surface area (Å²) < 4.78 is 0. The molecule has 198 valence electrons. The van der Waals surface area contributed by atoms with Gasteiger partial charge in [-0.2, -0.15) is 0 Å². The highest BCUT2D eigenvalue weighted by atomic mass is 32.2. The number of nitrogens with one attached hydrogen (secondary N) is 1. The molecule has 1 aromatic heterocycles. The Labute approximate surface area is 236 Å². The van der Waals surface area contributed by atoms with E-state index in [1.165, 1.54) is 39.8 Å². The second kappa shape index (κ2) is 12.4. The summed E-state index contributed by atoms with van der Waals surface area (Å²) in [7, 11) is 0. The molecule has 2 atom stereocenters. The third kappa shape index (κ3) is 6.62. The molecule has 0 spiro atoms. The van der Waals surface area contributed by atoms with Crippen LogP contribution in [-0.2, 0) is 20.8 Å². The second-order valence-electron chi connectivity index (χ2n) is 9.44. The Morgan fingerprint density at radius 3 is 2.64 bits per heavy atom. The number of carbonyl (C=O) groups is 3. The molecule has 1 aliphatic carbocycles. The monoisotopic (exact) mass is 555 g/mol. The fourth-order valence-corrected chi connectivity index (χ4v) is 7.33. The van der Waals surface area contributed by atoms with Crippen molar-refractivity contribution in [2.24, 2.45) is 5.73 Å². The summed E-state index contributed by atoms with van der Waals surface area (Å²) in [4.78, 5) is 41.1. The number of hydrogen-bond acceptors (Lipinski definition) is 5. The van der Waals surface area contributed by atoms with Crippen LogP contribution < -0.4 is 11.1 Å². The van der Waals surface area contributed by atoms with Crippen molar-refractivity contribution in [1.29, 1.82) is 0 Å². The number of benzene rings is 2. The highest BCUT2D eigenvalue weighted by Crippen LogP contribution is 2.46. The Kier molecular flexibility index (Phi) is 8.50. The van der Waals surface area contributed by atoms with Crippen LogP contribution >= 0.6 is 23.1 Å². The van der Waals surface area contributed by atoms with Gasteiger partial charge in [-0.05, 0) is 53.8 Å². The van der Waals surface area contributed by atoms with Crippen molar-refractivity contribution in [2.45, 2.75) is 36.3 Å². The van der Waals surface area contributed by atoms with Gasteiger partial charge in [0.15, 0.2) is 0 Å². The number of nitrogens with zero attached hydrogens (tertiary/aromatic N) is 1. The molecule has 0 radical (unpaired) electrons. The van der Waals surface area contributed by atoms with E-state index in [4.69, 9.17) is 5.73 Å². The van der Waals surface area contributed by atoms with Gasteiger partial charge in [-0.3, -0.25) is 14.4 Å². The van der Waals surface area contributed by atoms with Crippen LogP contribution in [0.4, 0.5) is 0 Å². The zero-order chi connectivity index (χ0) is 27.2. The van der Waals surface area contributed by atoms with E-state index in [0.717, 1.165) is 28.2 Å². The van der Waals surface area contributed by atoms with Gasteiger partial charge in [-0.1, -0.05) is 60.4 Å². The van der Waals surface area contributed by atoms with Crippen molar-refractivity contribution in [3.63, 3.8) is 0 Å². The predicted octanol–water partition coefficient (Wildman–Crippen LogP) is 4.50. The summed E-state index contributed by atoms with van der Waals surface area (Å²) in [6, 6.07) is 22.0. The topological polar surface area (TPSA) is 92.5 Å². The minimum atomic E-state index is -0.518. The lowest BCUT2D eigenvalue weighted by Gasteiger charge is -2.22. The van der Waals surface area contributed by atoms with Gasteiger partial charge in [0.05, 0.1) is 10.1 Å². The Bertz CT molecular complexity index is 1470. The molecule has 3 amide bonds. The molecular weight excluding hydrogens is 526 g/mol. The minimum absolute atomic E-state index is 0.0738. The molecule has 1 aliphatic heterocycles. The van der Waals surface area contributed by atoms with Crippen LogP contribution in [0.1, 0.15) is 51.1 Å². The van der Waals surface area contributed by atoms with Gasteiger partial charge in [0.25, 0.3) is 0 Å². The smallest absolute Gasteiger partial charge is 0.237 e. The number of allylic oxidation sites excluding steroid dienone is 1. The van der Waals surface area contributed by atoms with Crippen molar-refractivity contribution in [3.8, 4) is 11.8 Å². The number of primary amides is 1. The predicted molar refractivity (Wildman–Crippen MR) is 157 cm³/mol. The number of rotatable bonds is 9. The number of fused-ring (bicyclic) bond motifs is 1. The first kappa shape index (κ1) is 26.8. The largest absolute Gasteiger partial charge is 0.370 e. The van der Waals surface area contributed by atoms with E-state index in [-0.39, 0.29) is 36.6 Å². The van der Waals surface area contributed by atoms with Gasteiger partial charge in [-0.25, -0.2) is 0 Å². The third-order valence-electron chi connectivity index (χ3n) is 6.73. The number of hydrogen-bond donors (Lipinski definition) is 2. The normalized spacial score (nSPS) is 17.8. The van der Waals surface area contributed by atoms with Crippen molar-refractivity contribution < 1.29 is 14.4 Å². The maximum atomic E-state index is 13.3. The van der Waals surface area contributed by atoms with Crippen LogP contribution in [-0.4, -0.2) is 41.0 Å². The Morgan fingerprint density at radius 2 is 1.82 bits per heavy atom. The quantitative estimate of drug-likeness (QED) is 0.380. The molecule has 0 bridgehead atoms. The summed E-state index contributed by atoms with van der Waals surface area (Å²) in [5.41, 5.74) is 10.1. The van der Waals surface area contributed by atoms with Gasteiger partial charge in [0, 0.05) is 36.4 Å². The number of carbonyl (C=O) groups excluding carboxylic acids is 3. The van der Waals surface area contributed by atoms with Crippen LogP contribution in [0.25, 0.3) is 5.57 Å². The Hall–Kier alpha value is -3.80. The number of nitrogens with two attached hydrogens (primary N) is 1. The lowest BCUT2D eigenvalue weighted by molar-refractivity contribution is -0.132. The summed E-state index contributed by atoms with van der Waals surface area (Å²) in [6.07, 6.45) is 4.06. The maximum absolute atomic E-state index is 13.3. The molecule has 5 rings (SSSR count). The van der Waals surface area contributed by atoms with Crippen molar-refractivity contribution >= 4 is 46.4 Å². The van der Waals surface area contributed by atoms with Crippen LogP contribution in [0.5, 0.6) is 0 Å². The number of thioether (sulfide) groups is 1. The summed E-state index contributed by atoms with van der Waals surface area (Å²) in [6.45, 7) is 0.744. The van der Waals surface area contributed by atoms with Crippen LogP contribution in [0.2, 0.25) is 0 Å². The van der Waals surface area contributed by atoms with Gasteiger partial charge in [0.1, 0.15) is 5.37 Å². The molecular formula is C31H29N3O3S2. The molecule has 3 N–H and O–H groups in total.